The molecule has 1 rings (SSSR count). The van der Waals surface area contributed by atoms with E-state index in [9.17, 15) is 0 Å². The van der Waals surface area contributed by atoms with E-state index in [1.165, 1.54) is 29.8 Å². The molecule has 0 radical (unpaired) electrons. The lowest BCUT2D eigenvalue weighted by Crippen LogP contribution is -2.37. The fourth-order valence-electron chi connectivity index (χ4n) is 2.86. The van der Waals surface area contributed by atoms with Gasteiger partial charge < -0.3 is 5.32 Å². The Labute approximate surface area is 112 Å². The van der Waals surface area contributed by atoms with Crippen molar-refractivity contribution in [1.29, 1.82) is 0 Å². The number of rotatable bonds is 7. The van der Waals surface area contributed by atoms with Gasteiger partial charge in [-0.05, 0) is 38.3 Å². The number of nitrogens with zero attached hydrogens (tertiary/aromatic N) is 2. The second-order valence-electron chi connectivity index (χ2n) is 5.22. The van der Waals surface area contributed by atoms with Crippen molar-refractivity contribution in [3.63, 3.8) is 0 Å². The van der Waals surface area contributed by atoms with Gasteiger partial charge in [0.15, 0.2) is 0 Å². The van der Waals surface area contributed by atoms with Crippen LogP contribution in [0.15, 0.2) is 0 Å². The van der Waals surface area contributed by atoms with Gasteiger partial charge in [0.05, 0.1) is 5.69 Å². The summed E-state index contributed by atoms with van der Waals surface area (Å²) in [5.74, 6) is 0.754. The Morgan fingerprint density at radius 3 is 2.17 bits per heavy atom. The molecule has 0 aromatic carbocycles. The Kier molecular flexibility index (Phi) is 5.86. The topological polar surface area (TPSA) is 29.9 Å². The zero-order valence-electron chi connectivity index (χ0n) is 12.9. The Morgan fingerprint density at radius 2 is 1.78 bits per heavy atom. The molecule has 18 heavy (non-hydrogen) atoms. The molecule has 1 heterocycles. The molecule has 0 saturated carbocycles. The number of nitrogens with one attached hydrogen (secondary N) is 1. The van der Waals surface area contributed by atoms with Gasteiger partial charge in [-0.2, -0.15) is 5.10 Å². The highest BCUT2D eigenvalue weighted by molar-refractivity contribution is 5.25. The molecule has 1 atom stereocenters. The van der Waals surface area contributed by atoms with Gasteiger partial charge in [0.25, 0.3) is 0 Å². The van der Waals surface area contributed by atoms with Gasteiger partial charge in [-0.15, -0.1) is 0 Å². The molecule has 0 aliphatic heterocycles. The van der Waals surface area contributed by atoms with Crippen LogP contribution in [-0.2, 0) is 13.5 Å². The third kappa shape index (κ3) is 3.35. The molecule has 3 nitrogen and oxygen atoms in total. The van der Waals surface area contributed by atoms with E-state index in [4.69, 9.17) is 0 Å². The van der Waals surface area contributed by atoms with Gasteiger partial charge in [0, 0.05) is 18.8 Å². The van der Waals surface area contributed by atoms with E-state index >= 15 is 0 Å². The first kappa shape index (κ1) is 15.2. The fourth-order valence-corrected chi connectivity index (χ4v) is 2.86. The zero-order valence-corrected chi connectivity index (χ0v) is 12.9. The summed E-state index contributed by atoms with van der Waals surface area (Å²) >= 11 is 0. The lowest BCUT2D eigenvalue weighted by Gasteiger charge is -2.26. The van der Waals surface area contributed by atoms with Crippen LogP contribution >= 0.6 is 0 Å². The summed E-state index contributed by atoms with van der Waals surface area (Å²) in [6.07, 6.45) is 3.59. The minimum absolute atomic E-state index is 0.576. The van der Waals surface area contributed by atoms with E-state index in [2.05, 4.69) is 45.0 Å². The average molecular weight is 251 g/mol. The normalized spacial score (nSPS) is 13.3. The molecule has 1 aromatic heterocycles. The molecule has 3 heteroatoms. The molecule has 104 valence electrons. The van der Waals surface area contributed by atoms with Gasteiger partial charge in [0.1, 0.15) is 0 Å². The third-order valence-electron chi connectivity index (χ3n) is 4.17. The number of aryl methyl sites for hydroxylation is 2. The number of hydrogen-bond donors (Lipinski definition) is 1. The lowest BCUT2D eigenvalue weighted by atomic mass is 9.89. The van der Waals surface area contributed by atoms with Crippen LogP contribution in [0, 0.1) is 19.8 Å². The molecule has 0 aliphatic carbocycles. The van der Waals surface area contributed by atoms with Crippen molar-refractivity contribution in [2.24, 2.45) is 13.0 Å². The first-order valence-corrected chi connectivity index (χ1v) is 7.27. The summed E-state index contributed by atoms with van der Waals surface area (Å²) in [4.78, 5) is 0. The first-order chi connectivity index (χ1) is 8.54. The van der Waals surface area contributed by atoms with Crippen LogP contribution in [0.3, 0.4) is 0 Å². The van der Waals surface area contributed by atoms with Crippen molar-refractivity contribution in [2.75, 3.05) is 6.54 Å². The smallest absolute Gasteiger partial charge is 0.0628 e. The maximum Gasteiger partial charge on any atom is 0.0628 e. The second-order valence-corrected chi connectivity index (χ2v) is 5.22. The van der Waals surface area contributed by atoms with Crippen LogP contribution in [0.2, 0.25) is 0 Å². The van der Waals surface area contributed by atoms with Crippen molar-refractivity contribution in [1.82, 2.24) is 15.1 Å². The monoisotopic (exact) mass is 251 g/mol. The van der Waals surface area contributed by atoms with Gasteiger partial charge >= 0.3 is 0 Å². The predicted molar refractivity (Wildman–Crippen MR) is 77.9 cm³/mol. The summed E-state index contributed by atoms with van der Waals surface area (Å²) in [5, 5.41) is 8.18. The van der Waals surface area contributed by atoms with Crippen LogP contribution in [0.5, 0.6) is 0 Å². The van der Waals surface area contributed by atoms with Gasteiger partial charge in [0.2, 0.25) is 0 Å². The van der Waals surface area contributed by atoms with Crippen LogP contribution < -0.4 is 5.32 Å². The molecule has 0 fully saturated rings. The fraction of sp³-hybridized carbons (Fsp3) is 0.800. The molecule has 1 aromatic rings. The Balaban J connectivity index is 2.88. The Bertz CT molecular complexity index is 364. The quantitative estimate of drug-likeness (QED) is 0.807. The van der Waals surface area contributed by atoms with Crippen LogP contribution in [0.25, 0.3) is 0 Å². The zero-order chi connectivity index (χ0) is 13.7. The summed E-state index contributed by atoms with van der Waals surface area (Å²) < 4.78 is 2.00. The molecule has 0 bridgehead atoms. The molecular weight excluding hydrogens is 222 g/mol. The highest BCUT2D eigenvalue weighted by atomic mass is 15.3. The maximum atomic E-state index is 4.52. The van der Waals surface area contributed by atoms with E-state index in [0.717, 1.165) is 18.9 Å². The number of likely N-dealkylation sites (N-methyl/N-ethyl adjacent to an activating group) is 1. The standard InChI is InChI=1S/C15H29N3/c1-7-13(8-2)15(16-9-3)10-14-11(4)17-18(6)12(14)5/h13,15-16H,7-10H2,1-6H3. The molecule has 0 aliphatic rings. The second kappa shape index (κ2) is 6.93. The summed E-state index contributed by atoms with van der Waals surface area (Å²) in [6, 6.07) is 0.576. The summed E-state index contributed by atoms with van der Waals surface area (Å²) in [7, 11) is 2.03. The van der Waals surface area contributed by atoms with Crippen molar-refractivity contribution in [2.45, 2.75) is 59.9 Å². The third-order valence-corrected chi connectivity index (χ3v) is 4.17. The van der Waals surface area contributed by atoms with E-state index in [0.29, 0.717) is 6.04 Å². The Hall–Kier alpha value is -0.830. The van der Waals surface area contributed by atoms with Crippen LogP contribution in [0.1, 0.15) is 50.6 Å². The van der Waals surface area contributed by atoms with Gasteiger partial charge in [-0.25, -0.2) is 0 Å². The predicted octanol–water partition coefficient (Wildman–Crippen LogP) is 2.99. The highest BCUT2D eigenvalue weighted by Gasteiger charge is 2.21. The maximum absolute atomic E-state index is 4.52. The minimum Gasteiger partial charge on any atom is -0.314 e. The largest absolute Gasteiger partial charge is 0.314 e. The van der Waals surface area contributed by atoms with Crippen molar-refractivity contribution in [3.05, 3.63) is 17.0 Å². The van der Waals surface area contributed by atoms with Crippen molar-refractivity contribution < 1.29 is 0 Å². The number of hydrogen-bond acceptors (Lipinski definition) is 2. The Morgan fingerprint density at radius 1 is 1.17 bits per heavy atom. The van der Waals surface area contributed by atoms with Gasteiger partial charge in [-0.3, -0.25) is 4.68 Å². The van der Waals surface area contributed by atoms with E-state index in [1.54, 1.807) is 0 Å². The average Bonchev–Trinajstić information content (AvgIpc) is 2.57. The first-order valence-electron chi connectivity index (χ1n) is 7.27. The molecule has 0 amide bonds. The van der Waals surface area contributed by atoms with Crippen LogP contribution in [-0.4, -0.2) is 22.4 Å². The molecule has 0 saturated heterocycles. The van der Waals surface area contributed by atoms with E-state index in [1.807, 2.05) is 11.7 Å². The van der Waals surface area contributed by atoms with Crippen molar-refractivity contribution >= 4 is 0 Å². The molecule has 0 spiro atoms. The lowest BCUT2D eigenvalue weighted by molar-refractivity contribution is 0.336. The van der Waals surface area contributed by atoms with Crippen molar-refractivity contribution in [3.8, 4) is 0 Å². The van der Waals surface area contributed by atoms with E-state index < -0.39 is 0 Å². The van der Waals surface area contributed by atoms with Crippen LogP contribution in [0.4, 0.5) is 0 Å². The highest BCUT2D eigenvalue weighted by Crippen LogP contribution is 2.21. The molecular formula is C15H29N3. The number of aromatic nitrogens is 2. The summed E-state index contributed by atoms with van der Waals surface area (Å²) in [6.45, 7) is 12.1. The van der Waals surface area contributed by atoms with E-state index in [-0.39, 0.29) is 0 Å². The SMILES string of the molecule is CCNC(Cc1c(C)nn(C)c1C)C(CC)CC. The molecule has 1 N–H and O–H groups in total. The van der Waals surface area contributed by atoms with Gasteiger partial charge in [-0.1, -0.05) is 33.6 Å². The minimum atomic E-state index is 0.576. The molecule has 1 unspecified atom stereocenters. The summed E-state index contributed by atoms with van der Waals surface area (Å²) in [5.41, 5.74) is 3.92.